The topological polar surface area (TPSA) is 12.5 Å². The van der Waals surface area contributed by atoms with E-state index >= 15 is 0 Å². The van der Waals surface area contributed by atoms with Gasteiger partial charge in [0.2, 0.25) is 0 Å². The van der Waals surface area contributed by atoms with Crippen molar-refractivity contribution in [2.45, 2.75) is 6.10 Å². The van der Waals surface area contributed by atoms with Crippen molar-refractivity contribution in [3.8, 4) is 0 Å². The van der Waals surface area contributed by atoms with Crippen LogP contribution in [0.25, 0.3) is 0 Å². The molecule has 1 atom stereocenters. The Balaban J connectivity index is 2.34. The fourth-order valence-electron chi connectivity index (χ4n) is 0.734. The predicted molar refractivity (Wildman–Crippen MR) is 48.4 cm³/mol. The summed E-state index contributed by atoms with van der Waals surface area (Å²) in [5, 5.41) is 0. The zero-order valence-electron chi connectivity index (χ0n) is 4.93. The fourth-order valence-corrected chi connectivity index (χ4v) is 2.86. The molecule has 10 heavy (non-hydrogen) atoms. The molecule has 1 aliphatic heterocycles. The van der Waals surface area contributed by atoms with E-state index in [0.717, 1.165) is 14.9 Å². The molecule has 1 nitrogen and oxygen atoms in total. The normalized spacial score (nSPS) is 23.2. The van der Waals surface area contributed by atoms with Gasteiger partial charge in [0.1, 0.15) is 6.10 Å². The lowest BCUT2D eigenvalue weighted by Crippen LogP contribution is -1.66. The molecule has 1 unspecified atom stereocenters. The zero-order chi connectivity index (χ0) is 7.14. The molecule has 0 spiro atoms. The summed E-state index contributed by atoms with van der Waals surface area (Å²) in [5.74, 6) is 0. The Morgan fingerprint density at radius 1 is 1.60 bits per heavy atom. The van der Waals surface area contributed by atoms with Gasteiger partial charge in [0, 0.05) is 9.35 Å². The third-order valence-corrected chi connectivity index (χ3v) is 4.66. The average molecular weight is 284 g/mol. The Morgan fingerprint density at radius 3 is 2.70 bits per heavy atom. The number of ether oxygens (including phenoxy) is 1. The lowest BCUT2D eigenvalue weighted by molar-refractivity contribution is 0.418. The number of hydrogen-bond donors (Lipinski definition) is 0. The summed E-state index contributed by atoms with van der Waals surface area (Å²) >= 11 is 8.58. The fraction of sp³-hybridized carbons (Fsp3) is 0.333. The van der Waals surface area contributed by atoms with Crippen LogP contribution in [-0.4, -0.2) is 6.61 Å². The quantitative estimate of drug-likeness (QED) is 0.720. The van der Waals surface area contributed by atoms with E-state index in [2.05, 4.69) is 37.9 Å². The van der Waals surface area contributed by atoms with Crippen molar-refractivity contribution in [2.24, 2.45) is 0 Å². The van der Waals surface area contributed by atoms with Crippen molar-refractivity contribution >= 4 is 43.2 Å². The second-order valence-corrected chi connectivity index (χ2v) is 5.35. The highest BCUT2D eigenvalue weighted by atomic mass is 79.9. The highest BCUT2D eigenvalue weighted by molar-refractivity contribution is 9.13. The first-order chi connectivity index (χ1) is 4.77. The summed E-state index contributed by atoms with van der Waals surface area (Å²) in [6.07, 6.45) is 0.382. The molecule has 1 aromatic heterocycles. The van der Waals surface area contributed by atoms with Crippen LogP contribution >= 0.6 is 43.2 Å². The Hall–Kier alpha value is 0.620. The van der Waals surface area contributed by atoms with E-state index in [1.54, 1.807) is 11.3 Å². The van der Waals surface area contributed by atoms with Gasteiger partial charge in [-0.15, -0.1) is 11.3 Å². The second kappa shape index (κ2) is 2.59. The van der Waals surface area contributed by atoms with Gasteiger partial charge in [-0.25, -0.2) is 0 Å². The molecular weight excluding hydrogens is 280 g/mol. The van der Waals surface area contributed by atoms with E-state index in [-0.39, 0.29) is 0 Å². The highest BCUT2D eigenvalue weighted by Crippen LogP contribution is 2.41. The Labute approximate surface area is 79.6 Å². The smallest absolute Gasteiger partial charge is 0.115 e. The average Bonchev–Trinajstić information content (AvgIpc) is 2.64. The minimum absolute atomic E-state index is 0.382. The lowest BCUT2D eigenvalue weighted by atomic mass is 10.4. The van der Waals surface area contributed by atoms with Gasteiger partial charge in [-0.3, -0.25) is 0 Å². The van der Waals surface area contributed by atoms with Crippen LogP contribution in [0, 0.1) is 0 Å². The molecule has 0 aliphatic carbocycles. The SMILES string of the molecule is Brc1cc(C2CO2)sc1Br. The summed E-state index contributed by atoms with van der Waals surface area (Å²) in [7, 11) is 0. The Bertz CT molecular complexity index is 235. The van der Waals surface area contributed by atoms with E-state index in [9.17, 15) is 0 Å². The van der Waals surface area contributed by atoms with Crippen molar-refractivity contribution in [2.75, 3.05) is 6.61 Å². The van der Waals surface area contributed by atoms with Crippen LogP contribution in [0.5, 0.6) is 0 Å². The van der Waals surface area contributed by atoms with Gasteiger partial charge < -0.3 is 4.74 Å². The summed E-state index contributed by atoms with van der Waals surface area (Å²) < 4.78 is 7.41. The van der Waals surface area contributed by atoms with Crippen molar-refractivity contribution in [3.63, 3.8) is 0 Å². The molecule has 0 amide bonds. The molecule has 0 radical (unpaired) electrons. The van der Waals surface area contributed by atoms with Crippen LogP contribution in [0.15, 0.2) is 14.3 Å². The molecule has 1 aliphatic rings. The molecule has 2 rings (SSSR count). The molecule has 4 heteroatoms. The van der Waals surface area contributed by atoms with Crippen LogP contribution in [0.1, 0.15) is 11.0 Å². The Kier molecular flexibility index (Phi) is 1.88. The van der Waals surface area contributed by atoms with Gasteiger partial charge in [0.25, 0.3) is 0 Å². The van der Waals surface area contributed by atoms with Crippen LogP contribution in [0.2, 0.25) is 0 Å². The monoisotopic (exact) mass is 282 g/mol. The Morgan fingerprint density at radius 2 is 2.30 bits per heavy atom. The van der Waals surface area contributed by atoms with Crippen LogP contribution < -0.4 is 0 Å². The number of epoxide rings is 1. The van der Waals surface area contributed by atoms with Crippen LogP contribution in [0.3, 0.4) is 0 Å². The minimum Gasteiger partial charge on any atom is -0.367 e. The lowest BCUT2D eigenvalue weighted by Gasteiger charge is -1.80. The van der Waals surface area contributed by atoms with Crippen LogP contribution in [-0.2, 0) is 4.74 Å². The highest BCUT2D eigenvalue weighted by Gasteiger charge is 2.27. The van der Waals surface area contributed by atoms with E-state index in [1.807, 2.05) is 0 Å². The maximum atomic E-state index is 5.13. The molecule has 1 saturated heterocycles. The molecule has 0 aromatic carbocycles. The third kappa shape index (κ3) is 1.30. The van der Waals surface area contributed by atoms with E-state index in [1.165, 1.54) is 4.88 Å². The first-order valence-corrected chi connectivity index (χ1v) is 5.24. The molecule has 2 heterocycles. The van der Waals surface area contributed by atoms with Gasteiger partial charge in [-0.2, -0.15) is 0 Å². The molecule has 0 N–H and O–H groups in total. The summed E-state index contributed by atoms with van der Waals surface area (Å²) in [6, 6.07) is 2.10. The number of hydrogen-bond acceptors (Lipinski definition) is 2. The van der Waals surface area contributed by atoms with Crippen molar-refractivity contribution in [3.05, 3.63) is 19.2 Å². The molecule has 1 fully saturated rings. The minimum atomic E-state index is 0.382. The van der Waals surface area contributed by atoms with E-state index < -0.39 is 0 Å². The van der Waals surface area contributed by atoms with E-state index in [0.29, 0.717) is 6.10 Å². The largest absolute Gasteiger partial charge is 0.367 e. The van der Waals surface area contributed by atoms with Gasteiger partial charge >= 0.3 is 0 Å². The van der Waals surface area contributed by atoms with Crippen molar-refractivity contribution < 1.29 is 4.74 Å². The van der Waals surface area contributed by atoms with Crippen molar-refractivity contribution in [1.82, 2.24) is 0 Å². The van der Waals surface area contributed by atoms with Gasteiger partial charge in [0.05, 0.1) is 10.4 Å². The molecule has 54 valence electrons. The predicted octanol–water partition coefficient (Wildman–Crippen LogP) is 3.34. The zero-order valence-corrected chi connectivity index (χ0v) is 8.92. The first-order valence-electron chi connectivity index (χ1n) is 2.83. The summed E-state index contributed by atoms with van der Waals surface area (Å²) in [6.45, 7) is 0.888. The molecule has 0 bridgehead atoms. The molecule has 1 aromatic rings. The van der Waals surface area contributed by atoms with E-state index in [4.69, 9.17) is 4.74 Å². The van der Waals surface area contributed by atoms with Crippen molar-refractivity contribution in [1.29, 1.82) is 0 Å². The number of halogens is 2. The second-order valence-electron chi connectivity index (χ2n) is 2.09. The molecular formula is C6H4Br2OS. The molecule has 0 saturated carbocycles. The number of rotatable bonds is 1. The summed E-state index contributed by atoms with van der Waals surface area (Å²) in [4.78, 5) is 1.30. The first kappa shape index (κ1) is 7.28. The number of thiophene rings is 1. The van der Waals surface area contributed by atoms with Gasteiger partial charge in [-0.05, 0) is 37.9 Å². The van der Waals surface area contributed by atoms with Crippen LogP contribution in [0.4, 0.5) is 0 Å². The third-order valence-electron chi connectivity index (χ3n) is 1.31. The van der Waals surface area contributed by atoms with Gasteiger partial charge in [-0.1, -0.05) is 0 Å². The standard InChI is InChI=1S/C6H4Br2OS/c7-3-1-5(4-2-9-4)10-6(3)8/h1,4H,2H2. The van der Waals surface area contributed by atoms with Gasteiger partial charge in [0.15, 0.2) is 0 Å². The maximum Gasteiger partial charge on any atom is 0.115 e. The summed E-state index contributed by atoms with van der Waals surface area (Å²) in [5.41, 5.74) is 0. The maximum absolute atomic E-state index is 5.13.